The molecule has 0 saturated heterocycles. The number of benzene rings is 2. The largest absolute Gasteiger partial charge is 0.361 e. The van der Waals surface area contributed by atoms with Gasteiger partial charge in [0, 0.05) is 17.1 Å². The summed E-state index contributed by atoms with van der Waals surface area (Å²) in [6, 6.07) is 15.5. The van der Waals surface area contributed by atoms with E-state index < -0.39 is 0 Å². The van der Waals surface area contributed by atoms with E-state index in [1.54, 1.807) is 6.33 Å². The van der Waals surface area contributed by atoms with Crippen LogP contribution in [0.2, 0.25) is 0 Å². The summed E-state index contributed by atoms with van der Waals surface area (Å²) in [7, 11) is 0. The first-order valence-electron chi connectivity index (χ1n) is 8.77. The Balaban J connectivity index is 1.66. The highest BCUT2D eigenvalue weighted by molar-refractivity contribution is 5.96. The molecule has 3 heteroatoms. The van der Waals surface area contributed by atoms with E-state index in [4.69, 9.17) is 0 Å². The zero-order valence-electron chi connectivity index (χ0n) is 13.9. The third-order valence-corrected chi connectivity index (χ3v) is 5.10. The molecule has 25 heavy (non-hydrogen) atoms. The molecule has 0 saturated carbocycles. The van der Waals surface area contributed by atoms with Gasteiger partial charge in [-0.3, -0.25) is 0 Å². The Bertz CT molecular complexity index is 1070. The van der Waals surface area contributed by atoms with E-state index in [-0.39, 0.29) is 0 Å². The first kappa shape index (κ1) is 14.3. The van der Waals surface area contributed by atoms with E-state index >= 15 is 0 Å². The Labute approximate surface area is 146 Å². The van der Waals surface area contributed by atoms with E-state index in [0.29, 0.717) is 0 Å². The van der Waals surface area contributed by atoms with Crippen molar-refractivity contribution in [2.45, 2.75) is 19.3 Å². The molecule has 2 aromatic heterocycles. The molecule has 0 aliphatic heterocycles. The van der Waals surface area contributed by atoms with E-state index in [1.807, 2.05) is 12.4 Å². The molecule has 0 unspecified atom stereocenters. The number of hydrogen-bond donors (Lipinski definition) is 2. The van der Waals surface area contributed by atoms with Crippen molar-refractivity contribution in [3.63, 3.8) is 0 Å². The standard InChI is InChI=1S/C22H19N3/c1-3-15-7-8-17(19-5-2-6-22-20(19)9-10-24-22)12-21(15)16(4-1)11-18-13-23-14-25-18/h2,5-14,24H,1,3-4H2,(H,23,25). The number of fused-ring (bicyclic) bond motifs is 2. The second-order valence-electron chi connectivity index (χ2n) is 6.65. The number of imidazole rings is 1. The van der Waals surface area contributed by atoms with Gasteiger partial charge in [0.05, 0.1) is 18.2 Å². The Morgan fingerprint density at radius 1 is 0.960 bits per heavy atom. The molecule has 0 atom stereocenters. The fourth-order valence-corrected chi connectivity index (χ4v) is 3.89. The van der Waals surface area contributed by atoms with Crippen LogP contribution in [0.15, 0.2) is 61.2 Å². The number of aryl methyl sites for hydroxylation is 1. The molecular formula is C22H19N3. The van der Waals surface area contributed by atoms with Crippen LogP contribution in [0.3, 0.4) is 0 Å². The van der Waals surface area contributed by atoms with E-state index in [2.05, 4.69) is 63.5 Å². The maximum absolute atomic E-state index is 4.13. The number of nitrogens with one attached hydrogen (secondary N) is 2. The van der Waals surface area contributed by atoms with Crippen molar-refractivity contribution in [3.05, 3.63) is 78.0 Å². The Kier molecular flexibility index (Phi) is 3.30. The van der Waals surface area contributed by atoms with Gasteiger partial charge in [0.15, 0.2) is 0 Å². The third kappa shape index (κ3) is 2.49. The van der Waals surface area contributed by atoms with Crippen LogP contribution in [-0.4, -0.2) is 15.0 Å². The monoisotopic (exact) mass is 325 g/mol. The van der Waals surface area contributed by atoms with Gasteiger partial charge >= 0.3 is 0 Å². The Morgan fingerprint density at radius 2 is 1.96 bits per heavy atom. The summed E-state index contributed by atoms with van der Waals surface area (Å²) in [5.41, 5.74) is 9.04. The molecule has 1 aliphatic carbocycles. The van der Waals surface area contributed by atoms with Crippen LogP contribution < -0.4 is 0 Å². The van der Waals surface area contributed by atoms with Crippen LogP contribution in [0.25, 0.3) is 33.7 Å². The van der Waals surface area contributed by atoms with E-state index in [1.165, 1.54) is 45.2 Å². The van der Waals surface area contributed by atoms with Crippen LogP contribution >= 0.6 is 0 Å². The summed E-state index contributed by atoms with van der Waals surface area (Å²) < 4.78 is 0. The predicted octanol–water partition coefficient (Wildman–Crippen LogP) is 5.43. The number of aromatic amines is 2. The average molecular weight is 325 g/mol. The van der Waals surface area contributed by atoms with Crippen molar-refractivity contribution in [2.24, 2.45) is 0 Å². The quantitative estimate of drug-likeness (QED) is 0.507. The second-order valence-corrected chi connectivity index (χ2v) is 6.65. The van der Waals surface area contributed by atoms with Crippen LogP contribution in [0.5, 0.6) is 0 Å². The lowest BCUT2D eigenvalue weighted by Gasteiger charge is -2.20. The minimum Gasteiger partial charge on any atom is -0.361 e. The second kappa shape index (κ2) is 5.78. The molecule has 2 N–H and O–H groups in total. The molecule has 0 radical (unpaired) electrons. The molecule has 1 aliphatic rings. The van der Waals surface area contributed by atoms with Gasteiger partial charge in [0.2, 0.25) is 0 Å². The molecule has 0 fully saturated rings. The average Bonchev–Trinajstić information content (AvgIpc) is 3.33. The fraction of sp³-hybridized carbons (Fsp3) is 0.136. The topological polar surface area (TPSA) is 44.5 Å². The maximum atomic E-state index is 4.13. The van der Waals surface area contributed by atoms with Crippen LogP contribution in [0.1, 0.15) is 29.7 Å². The van der Waals surface area contributed by atoms with Crippen molar-refractivity contribution in [1.82, 2.24) is 15.0 Å². The van der Waals surface area contributed by atoms with Crippen molar-refractivity contribution in [2.75, 3.05) is 0 Å². The van der Waals surface area contributed by atoms with Crippen molar-refractivity contribution in [3.8, 4) is 11.1 Å². The van der Waals surface area contributed by atoms with Crippen molar-refractivity contribution >= 4 is 22.6 Å². The molecule has 0 spiro atoms. The smallest absolute Gasteiger partial charge is 0.0924 e. The molecule has 3 nitrogen and oxygen atoms in total. The summed E-state index contributed by atoms with van der Waals surface area (Å²) in [6.45, 7) is 0. The number of rotatable bonds is 2. The number of hydrogen-bond acceptors (Lipinski definition) is 1. The highest BCUT2D eigenvalue weighted by Gasteiger charge is 2.16. The fourth-order valence-electron chi connectivity index (χ4n) is 3.89. The third-order valence-electron chi connectivity index (χ3n) is 5.10. The minimum atomic E-state index is 1.07. The lowest BCUT2D eigenvalue weighted by atomic mass is 9.84. The molecule has 2 heterocycles. The number of nitrogens with zero attached hydrogens (tertiary/aromatic N) is 1. The zero-order chi connectivity index (χ0) is 16.6. The summed E-state index contributed by atoms with van der Waals surface area (Å²) in [5.74, 6) is 0. The van der Waals surface area contributed by atoms with Crippen LogP contribution in [0, 0.1) is 0 Å². The summed E-state index contributed by atoms with van der Waals surface area (Å²) in [5, 5.41) is 1.28. The number of allylic oxidation sites excluding steroid dienone is 1. The maximum Gasteiger partial charge on any atom is 0.0924 e. The van der Waals surface area contributed by atoms with Gasteiger partial charge < -0.3 is 9.97 Å². The van der Waals surface area contributed by atoms with Gasteiger partial charge in [-0.25, -0.2) is 4.98 Å². The Morgan fingerprint density at radius 3 is 2.88 bits per heavy atom. The SMILES string of the molecule is C(=C1CCCc2ccc(-c3cccc4[nH]ccc34)cc21)c1cnc[nH]1. The molecule has 0 amide bonds. The van der Waals surface area contributed by atoms with E-state index in [0.717, 1.165) is 18.5 Å². The molecule has 2 aromatic carbocycles. The van der Waals surface area contributed by atoms with Gasteiger partial charge in [0.1, 0.15) is 0 Å². The normalized spacial score (nSPS) is 15.6. The van der Waals surface area contributed by atoms with Gasteiger partial charge in [-0.1, -0.05) is 24.3 Å². The summed E-state index contributed by atoms with van der Waals surface area (Å²) >= 11 is 0. The molecular weight excluding hydrogens is 306 g/mol. The van der Waals surface area contributed by atoms with E-state index in [9.17, 15) is 0 Å². The number of aromatic nitrogens is 3. The highest BCUT2D eigenvalue weighted by Crippen LogP contribution is 2.36. The lowest BCUT2D eigenvalue weighted by Crippen LogP contribution is -2.02. The zero-order valence-corrected chi connectivity index (χ0v) is 13.9. The van der Waals surface area contributed by atoms with Gasteiger partial charge in [-0.15, -0.1) is 0 Å². The molecule has 4 aromatic rings. The van der Waals surface area contributed by atoms with Crippen molar-refractivity contribution < 1.29 is 0 Å². The summed E-state index contributed by atoms with van der Waals surface area (Å²) in [4.78, 5) is 10.6. The minimum absolute atomic E-state index is 1.07. The predicted molar refractivity (Wildman–Crippen MR) is 103 cm³/mol. The number of H-pyrrole nitrogens is 2. The highest BCUT2D eigenvalue weighted by atomic mass is 14.8. The Hall–Kier alpha value is -3.07. The first-order valence-corrected chi connectivity index (χ1v) is 8.77. The van der Waals surface area contributed by atoms with Crippen molar-refractivity contribution in [1.29, 1.82) is 0 Å². The molecule has 0 bridgehead atoms. The summed E-state index contributed by atoms with van der Waals surface area (Å²) in [6.07, 6.45) is 11.3. The molecule has 5 rings (SSSR count). The molecule has 122 valence electrons. The van der Waals surface area contributed by atoms with Gasteiger partial charge in [0.25, 0.3) is 0 Å². The first-order chi connectivity index (χ1) is 12.4. The van der Waals surface area contributed by atoms with Crippen LogP contribution in [0.4, 0.5) is 0 Å². The van der Waals surface area contributed by atoms with Gasteiger partial charge in [-0.05, 0) is 71.4 Å². The van der Waals surface area contributed by atoms with Gasteiger partial charge in [-0.2, -0.15) is 0 Å². The van der Waals surface area contributed by atoms with Crippen LogP contribution in [-0.2, 0) is 6.42 Å². The lowest BCUT2D eigenvalue weighted by molar-refractivity contribution is 0.824.